The van der Waals surface area contributed by atoms with E-state index in [4.69, 9.17) is 0 Å². The molecular weight excluding hydrogens is 386 g/mol. The Balaban J connectivity index is 1.90. The van der Waals surface area contributed by atoms with E-state index in [1.165, 1.54) is 12.3 Å². The van der Waals surface area contributed by atoms with Crippen LogP contribution in [0.3, 0.4) is 0 Å². The smallest absolute Gasteiger partial charge is 0.271 e. The number of amides is 3. The second-order valence-corrected chi connectivity index (χ2v) is 6.78. The molecule has 0 aliphatic heterocycles. The molecule has 0 aliphatic carbocycles. The van der Waals surface area contributed by atoms with E-state index in [0.717, 1.165) is 24.8 Å². The van der Waals surface area contributed by atoms with Gasteiger partial charge in [-0.2, -0.15) is 0 Å². The van der Waals surface area contributed by atoms with E-state index in [1.54, 1.807) is 0 Å². The summed E-state index contributed by atoms with van der Waals surface area (Å²) in [6, 6.07) is 10.8. The minimum Gasteiger partial charge on any atom is -0.338 e. The van der Waals surface area contributed by atoms with E-state index >= 15 is 0 Å². The number of unbranched alkanes of at least 4 members (excludes halogenated alkanes) is 2. The average Bonchev–Trinajstić information content (AvgIpc) is 2.78. The average molecular weight is 413 g/mol. The minimum absolute atomic E-state index is 0.0979. The monoisotopic (exact) mass is 413 g/mol. The molecule has 0 fully saturated rings. The standard InChI is InChI=1S/C21H27N5O4/c1-2-3-5-10-17(13-26(30)15-27)20(28)23-14-24-21(29)18-11-12-22-19(25-18)16-8-6-4-7-9-16/h4,6-9,11-12,15,17,30H,2-3,5,10,13-14H2,1H3,(H,23,28)(H,24,29). The second kappa shape index (κ2) is 12.3. The number of hydroxylamine groups is 2. The highest BCUT2D eigenvalue weighted by Gasteiger charge is 2.20. The molecule has 0 spiro atoms. The highest BCUT2D eigenvalue weighted by molar-refractivity contribution is 5.92. The number of aromatic nitrogens is 2. The van der Waals surface area contributed by atoms with Crippen molar-refractivity contribution in [1.82, 2.24) is 25.7 Å². The van der Waals surface area contributed by atoms with E-state index < -0.39 is 11.8 Å². The quantitative estimate of drug-likeness (QED) is 0.161. The third-order valence-corrected chi connectivity index (χ3v) is 4.49. The summed E-state index contributed by atoms with van der Waals surface area (Å²) in [5.41, 5.74) is 0.971. The van der Waals surface area contributed by atoms with Gasteiger partial charge in [-0.25, -0.2) is 15.0 Å². The Morgan fingerprint density at radius 1 is 1.17 bits per heavy atom. The molecule has 3 N–H and O–H groups in total. The van der Waals surface area contributed by atoms with Crippen LogP contribution in [0, 0.1) is 5.92 Å². The number of hydrogen-bond acceptors (Lipinski definition) is 6. The zero-order valence-electron chi connectivity index (χ0n) is 17.0. The predicted molar refractivity (Wildman–Crippen MR) is 110 cm³/mol. The van der Waals surface area contributed by atoms with Crippen LogP contribution in [-0.2, 0) is 9.59 Å². The van der Waals surface area contributed by atoms with Crippen LogP contribution in [0.4, 0.5) is 0 Å². The van der Waals surface area contributed by atoms with E-state index in [2.05, 4.69) is 20.6 Å². The van der Waals surface area contributed by atoms with Gasteiger partial charge in [-0.3, -0.25) is 19.6 Å². The molecule has 0 radical (unpaired) electrons. The molecule has 1 atom stereocenters. The fourth-order valence-electron chi connectivity index (χ4n) is 2.87. The number of carbonyl (C=O) groups is 3. The lowest BCUT2D eigenvalue weighted by atomic mass is 10.0. The number of rotatable bonds is 12. The molecule has 9 heteroatoms. The van der Waals surface area contributed by atoms with Gasteiger partial charge in [0, 0.05) is 11.8 Å². The normalized spacial score (nSPS) is 11.4. The number of nitrogens with zero attached hydrogens (tertiary/aromatic N) is 3. The van der Waals surface area contributed by atoms with Crippen molar-refractivity contribution in [3.63, 3.8) is 0 Å². The van der Waals surface area contributed by atoms with Gasteiger partial charge in [0.2, 0.25) is 12.3 Å². The maximum atomic E-state index is 12.4. The lowest BCUT2D eigenvalue weighted by molar-refractivity contribution is -0.154. The number of nitrogens with one attached hydrogen (secondary N) is 2. The molecule has 9 nitrogen and oxygen atoms in total. The molecule has 1 unspecified atom stereocenters. The number of benzene rings is 1. The fraction of sp³-hybridized carbons (Fsp3) is 0.381. The van der Waals surface area contributed by atoms with Gasteiger partial charge in [0.05, 0.1) is 19.1 Å². The van der Waals surface area contributed by atoms with Gasteiger partial charge in [-0.15, -0.1) is 0 Å². The lowest BCUT2D eigenvalue weighted by Gasteiger charge is -2.19. The Morgan fingerprint density at radius 2 is 1.93 bits per heavy atom. The van der Waals surface area contributed by atoms with Crippen molar-refractivity contribution in [2.45, 2.75) is 32.6 Å². The summed E-state index contributed by atoms with van der Waals surface area (Å²) in [7, 11) is 0. The van der Waals surface area contributed by atoms with E-state index in [0.29, 0.717) is 17.3 Å². The van der Waals surface area contributed by atoms with Crippen molar-refractivity contribution in [2.24, 2.45) is 5.92 Å². The molecule has 1 aromatic carbocycles. The van der Waals surface area contributed by atoms with Gasteiger partial charge in [0.1, 0.15) is 5.69 Å². The molecule has 0 saturated carbocycles. The van der Waals surface area contributed by atoms with Gasteiger partial charge < -0.3 is 10.6 Å². The third-order valence-electron chi connectivity index (χ3n) is 4.49. The second-order valence-electron chi connectivity index (χ2n) is 6.78. The molecule has 160 valence electrons. The molecule has 1 heterocycles. The van der Waals surface area contributed by atoms with Crippen molar-refractivity contribution >= 4 is 18.2 Å². The molecule has 0 aliphatic rings. The maximum absolute atomic E-state index is 12.4. The first-order chi connectivity index (χ1) is 14.5. The Kier molecular flexibility index (Phi) is 9.39. The fourth-order valence-corrected chi connectivity index (χ4v) is 2.87. The van der Waals surface area contributed by atoms with Gasteiger partial charge >= 0.3 is 0 Å². The van der Waals surface area contributed by atoms with Gasteiger partial charge in [0.15, 0.2) is 5.82 Å². The molecule has 1 aromatic heterocycles. The Morgan fingerprint density at radius 3 is 2.63 bits per heavy atom. The van der Waals surface area contributed by atoms with Crippen LogP contribution in [0.25, 0.3) is 11.4 Å². The summed E-state index contributed by atoms with van der Waals surface area (Å²) in [6.07, 6.45) is 5.04. The van der Waals surface area contributed by atoms with Crippen molar-refractivity contribution in [2.75, 3.05) is 13.2 Å². The number of carbonyl (C=O) groups excluding carboxylic acids is 3. The molecule has 2 aromatic rings. The van der Waals surface area contributed by atoms with Crippen molar-refractivity contribution in [3.8, 4) is 11.4 Å². The first-order valence-corrected chi connectivity index (χ1v) is 9.90. The molecule has 0 bridgehead atoms. The predicted octanol–water partition coefficient (Wildman–Crippen LogP) is 1.99. The SMILES string of the molecule is CCCCCC(CN(O)C=O)C(=O)NCNC(=O)c1ccnc(-c2ccccc2)n1. The highest BCUT2D eigenvalue weighted by Crippen LogP contribution is 2.14. The van der Waals surface area contributed by atoms with Crippen molar-refractivity contribution < 1.29 is 19.6 Å². The summed E-state index contributed by atoms with van der Waals surface area (Å²) < 4.78 is 0. The zero-order valence-corrected chi connectivity index (χ0v) is 17.0. The van der Waals surface area contributed by atoms with E-state index in [1.807, 2.05) is 37.3 Å². The van der Waals surface area contributed by atoms with Gasteiger partial charge in [-0.05, 0) is 12.5 Å². The van der Waals surface area contributed by atoms with Crippen molar-refractivity contribution in [3.05, 3.63) is 48.3 Å². The van der Waals surface area contributed by atoms with Gasteiger partial charge in [0.25, 0.3) is 5.91 Å². The maximum Gasteiger partial charge on any atom is 0.271 e. The zero-order chi connectivity index (χ0) is 21.8. The summed E-state index contributed by atoms with van der Waals surface area (Å²) in [4.78, 5) is 43.9. The molecule has 3 amide bonds. The number of hydrogen-bond donors (Lipinski definition) is 3. The largest absolute Gasteiger partial charge is 0.338 e. The summed E-state index contributed by atoms with van der Waals surface area (Å²) >= 11 is 0. The first kappa shape index (κ1) is 23.0. The lowest BCUT2D eigenvalue weighted by Crippen LogP contribution is -2.43. The summed E-state index contributed by atoms with van der Waals surface area (Å²) in [5, 5.41) is 15.1. The molecule has 30 heavy (non-hydrogen) atoms. The Labute approximate surface area is 175 Å². The Hall–Kier alpha value is -3.33. The molecular formula is C21H27N5O4. The highest BCUT2D eigenvalue weighted by atomic mass is 16.5. The topological polar surface area (TPSA) is 125 Å². The van der Waals surface area contributed by atoms with Crippen LogP contribution in [0.2, 0.25) is 0 Å². The first-order valence-electron chi connectivity index (χ1n) is 9.90. The van der Waals surface area contributed by atoms with Crippen LogP contribution in [0.5, 0.6) is 0 Å². The third kappa shape index (κ3) is 7.25. The van der Waals surface area contributed by atoms with Gasteiger partial charge in [-0.1, -0.05) is 56.5 Å². The minimum atomic E-state index is -0.563. The van der Waals surface area contributed by atoms with Crippen molar-refractivity contribution in [1.29, 1.82) is 0 Å². The Bertz CT molecular complexity index is 831. The molecule has 2 rings (SSSR count). The van der Waals surface area contributed by atoms with Crippen LogP contribution in [-0.4, -0.2) is 51.7 Å². The summed E-state index contributed by atoms with van der Waals surface area (Å²) in [6.45, 7) is 1.85. The van der Waals surface area contributed by atoms with Crippen LogP contribution in [0.15, 0.2) is 42.6 Å². The van der Waals surface area contributed by atoms with Crippen LogP contribution in [0.1, 0.15) is 43.1 Å². The van der Waals surface area contributed by atoms with E-state index in [9.17, 15) is 19.6 Å². The van der Waals surface area contributed by atoms with E-state index in [-0.39, 0.29) is 31.2 Å². The van der Waals surface area contributed by atoms with Crippen LogP contribution < -0.4 is 10.6 Å². The van der Waals surface area contributed by atoms with Crippen LogP contribution >= 0.6 is 0 Å². The molecule has 0 saturated heterocycles. The summed E-state index contributed by atoms with van der Waals surface area (Å²) in [5.74, 6) is -0.929.